The second-order valence-corrected chi connectivity index (χ2v) is 9.16. The normalized spacial score (nSPS) is 15.2. The molecule has 0 radical (unpaired) electrons. The number of hydrogen-bond donors (Lipinski definition) is 1. The molecule has 0 spiro atoms. The minimum absolute atomic E-state index is 0.0247. The first-order valence-corrected chi connectivity index (χ1v) is 11.6. The molecule has 0 unspecified atom stereocenters. The van der Waals surface area contributed by atoms with Crippen molar-refractivity contribution in [3.63, 3.8) is 0 Å². The van der Waals surface area contributed by atoms with Crippen LogP contribution in [0.25, 0.3) is 16.1 Å². The van der Waals surface area contributed by atoms with Gasteiger partial charge in [-0.1, -0.05) is 35.9 Å². The minimum Gasteiger partial charge on any atom is -0.331 e. The number of aromatic nitrogens is 3. The molecule has 1 amide bonds. The molecule has 5 rings (SSSR count). The molecular formula is C24H19ClN6OS. The molecule has 7 nitrogen and oxygen atoms in total. The van der Waals surface area contributed by atoms with Gasteiger partial charge in [0.15, 0.2) is 10.8 Å². The lowest BCUT2D eigenvalue weighted by Crippen LogP contribution is -2.41. The molecular weight excluding hydrogens is 456 g/mol. The van der Waals surface area contributed by atoms with Crippen molar-refractivity contribution in [2.75, 3.05) is 11.9 Å². The first kappa shape index (κ1) is 21.2. The Hall–Kier alpha value is -3.67. The van der Waals surface area contributed by atoms with Gasteiger partial charge in [-0.2, -0.15) is 5.10 Å². The number of amides is 1. The molecule has 0 bridgehead atoms. The van der Waals surface area contributed by atoms with Gasteiger partial charge in [-0.3, -0.25) is 9.48 Å². The average molecular weight is 475 g/mol. The van der Waals surface area contributed by atoms with Crippen molar-refractivity contribution >= 4 is 45.4 Å². The molecule has 1 aliphatic heterocycles. The number of hydrogen-bond acceptors (Lipinski definition) is 5. The lowest BCUT2D eigenvalue weighted by molar-refractivity contribution is 0.0651. The standard InChI is InChI=1S/C24H19ClN6OS/c1-15-13-30(14-16-3-6-18(26-2)7-4-16)23(32)22-12-21(29-31(15)22)19-8-5-17(25)11-20(19)28-24-27-9-10-33-24/h3-12,15H,13-14H2,1H3,(H,27,28)/t15-/m0/s1. The molecule has 2 aromatic carbocycles. The molecule has 164 valence electrons. The van der Waals surface area contributed by atoms with E-state index in [9.17, 15) is 4.79 Å². The summed E-state index contributed by atoms with van der Waals surface area (Å²) < 4.78 is 1.80. The van der Waals surface area contributed by atoms with E-state index in [1.54, 1.807) is 23.0 Å². The van der Waals surface area contributed by atoms with E-state index in [-0.39, 0.29) is 11.9 Å². The van der Waals surface area contributed by atoms with Gasteiger partial charge >= 0.3 is 0 Å². The number of rotatable bonds is 5. The highest BCUT2D eigenvalue weighted by Crippen LogP contribution is 2.35. The van der Waals surface area contributed by atoms with Crippen LogP contribution in [0.4, 0.5) is 16.5 Å². The number of halogens is 1. The molecule has 33 heavy (non-hydrogen) atoms. The third kappa shape index (κ3) is 4.21. The minimum atomic E-state index is -0.0653. The van der Waals surface area contributed by atoms with Crippen LogP contribution in [0.15, 0.2) is 60.1 Å². The molecule has 0 saturated heterocycles. The third-order valence-electron chi connectivity index (χ3n) is 5.51. The summed E-state index contributed by atoms with van der Waals surface area (Å²) in [6.07, 6.45) is 1.73. The summed E-state index contributed by atoms with van der Waals surface area (Å²) in [5.41, 5.74) is 4.46. The smallest absolute Gasteiger partial charge is 0.272 e. The zero-order chi connectivity index (χ0) is 22.9. The molecule has 3 heterocycles. The third-order valence-corrected chi connectivity index (χ3v) is 6.44. The molecule has 0 saturated carbocycles. The zero-order valence-corrected chi connectivity index (χ0v) is 19.3. The van der Waals surface area contributed by atoms with Crippen molar-refractivity contribution in [3.05, 3.63) is 87.8 Å². The van der Waals surface area contributed by atoms with Crippen molar-refractivity contribution < 1.29 is 4.79 Å². The van der Waals surface area contributed by atoms with Crippen LogP contribution >= 0.6 is 22.9 Å². The van der Waals surface area contributed by atoms with Gasteiger partial charge < -0.3 is 10.2 Å². The molecule has 1 N–H and O–H groups in total. The fourth-order valence-corrected chi connectivity index (χ4v) is 4.65. The lowest BCUT2D eigenvalue weighted by Gasteiger charge is -2.31. The molecule has 9 heteroatoms. The van der Waals surface area contributed by atoms with E-state index in [1.165, 1.54) is 11.3 Å². The monoisotopic (exact) mass is 474 g/mol. The van der Waals surface area contributed by atoms with Gasteiger partial charge in [0.05, 0.1) is 24.0 Å². The number of thiazole rings is 1. The second-order valence-electron chi connectivity index (χ2n) is 7.82. The Labute approximate surface area is 200 Å². The number of nitrogens with one attached hydrogen (secondary N) is 1. The van der Waals surface area contributed by atoms with Crippen molar-refractivity contribution in [1.29, 1.82) is 0 Å². The molecule has 1 aliphatic rings. The van der Waals surface area contributed by atoms with E-state index in [0.717, 1.165) is 21.9 Å². The first-order valence-electron chi connectivity index (χ1n) is 10.3. The maximum Gasteiger partial charge on any atom is 0.272 e. The number of anilines is 2. The van der Waals surface area contributed by atoms with Crippen molar-refractivity contribution in [2.24, 2.45) is 0 Å². The van der Waals surface area contributed by atoms with Crippen LogP contribution in [-0.4, -0.2) is 32.1 Å². The number of nitrogens with zero attached hydrogens (tertiary/aromatic N) is 5. The fraction of sp³-hybridized carbons (Fsp3) is 0.167. The van der Waals surface area contributed by atoms with E-state index < -0.39 is 0 Å². The van der Waals surface area contributed by atoms with Crippen LogP contribution in [0.3, 0.4) is 0 Å². The highest BCUT2D eigenvalue weighted by Gasteiger charge is 2.31. The Bertz CT molecular complexity index is 1360. The van der Waals surface area contributed by atoms with Gasteiger partial charge in [0, 0.05) is 35.3 Å². The topological polar surface area (TPSA) is 67.4 Å². The molecule has 2 aromatic heterocycles. The maximum absolute atomic E-state index is 13.3. The molecule has 4 aromatic rings. The number of benzene rings is 2. The van der Waals surface area contributed by atoms with Crippen molar-refractivity contribution in [2.45, 2.75) is 19.5 Å². The summed E-state index contributed by atoms with van der Waals surface area (Å²) in [6.45, 7) is 10.2. The van der Waals surface area contributed by atoms with Crippen LogP contribution < -0.4 is 5.32 Å². The molecule has 0 fully saturated rings. The Morgan fingerprint density at radius 2 is 2.06 bits per heavy atom. The summed E-state index contributed by atoms with van der Waals surface area (Å²) in [5.74, 6) is -0.0653. The number of carbonyl (C=O) groups excluding carboxylic acids is 1. The quantitative estimate of drug-likeness (QED) is 0.351. The summed E-state index contributed by atoms with van der Waals surface area (Å²) in [7, 11) is 0. The fourth-order valence-electron chi connectivity index (χ4n) is 3.94. The lowest BCUT2D eigenvalue weighted by atomic mass is 10.1. The SMILES string of the molecule is [C-]#[N+]c1ccc(CN2C[C@H](C)n3nc(-c4ccc(Cl)cc4Nc4nccs4)cc3C2=O)cc1. The highest BCUT2D eigenvalue weighted by atomic mass is 35.5. The van der Waals surface area contributed by atoms with Gasteiger partial charge in [-0.05, 0) is 36.8 Å². The Kier molecular flexibility index (Phi) is 5.58. The molecule has 0 aliphatic carbocycles. The van der Waals surface area contributed by atoms with E-state index in [2.05, 4.69) is 22.1 Å². The summed E-state index contributed by atoms with van der Waals surface area (Å²) in [6, 6.07) is 14.8. The summed E-state index contributed by atoms with van der Waals surface area (Å²) >= 11 is 7.74. The Morgan fingerprint density at radius 3 is 2.79 bits per heavy atom. The highest BCUT2D eigenvalue weighted by molar-refractivity contribution is 7.13. The van der Waals surface area contributed by atoms with Crippen LogP contribution in [0.1, 0.15) is 29.0 Å². The van der Waals surface area contributed by atoms with Crippen LogP contribution in [-0.2, 0) is 6.54 Å². The first-order chi connectivity index (χ1) is 16.0. The zero-order valence-electron chi connectivity index (χ0n) is 17.7. The van der Waals surface area contributed by atoms with Crippen LogP contribution in [0, 0.1) is 6.57 Å². The average Bonchev–Trinajstić information content (AvgIpc) is 3.49. The maximum atomic E-state index is 13.3. The van der Waals surface area contributed by atoms with Crippen LogP contribution in [0.5, 0.6) is 0 Å². The van der Waals surface area contributed by atoms with Crippen LogP contribution in [0.2, 0.25) is 5.02 Å². The van der Waals surface area contributed by atoms with E-state index >= 15 is 0 Å². The Balaban J connectivity index is 1.45. The molecule has 1 atom stereocenters. The largest absolute Gasteiger partial charge is 0.331 e. The van der Waals surface area contributed by atoms with Crippen molar-refractivity contribution in [3.8, 4) is 11.3 Å². The van der Waals surface area contributed by atoms with E-state index in [1.807, 2.05) is 46.7 Å². The van der Waals surface area contributed by atoms with Gasteiger partial charge in [0.25, 0.3) is 5.91 Å². The Morgan fingerprint density at radius 1 is 1.24 bits per heavy atom. The van der Waals surface area contributed by atoms with Crippen molar-refractivity contribution in [1.82, 2.24) is 19.7 Å². The van der Waals surface area contributed by atoms with E-state index in [0.29, 0.717) is 35.2 Å². The predicted octanol–water partition coefficient (Wildman–Crippen LogP) is 6.17. The second kappa shape index (κ2) is 8.70. The van der Waals surface area contributed by atoms with Gasteiger partial charge in [-0.25, -0.2) is 9.83 Å². The number of carbonyl (C=O) groups is 1. The predicted molar refractivity (Wildman–Crippen MR) is 130 cm³/mol. The van der Waals surface area contributed by atoms with Gasteiger partial charge in [-0.15, -0.1) is 11.3 Å². The van der Waals surface area contributed by atoms with Gasteiger partial charge in [0.1, 0.15) is 5.69 Å². The van der Waals surface area contributed by atoms with Gasteiger partial charge in [0.2, 0.25) is 0 Å². The number of fused-ring (bicyclic) bond motifs is 1. The summed E-state index contributed by atoms with van der Waals surface area (Å²) in [5, 5.41) is 11.3. The van der Waals surface area contributed by atoms with E-state index in [4.69, 9.17) is 23.3 Å². The summed E-state index contributed by atoms with van der Waals surface area (Å²) in [4.78, 5) is 22.8.